The van der Waals surface area contributed by atoms with E-state index in [4.69, 9.17) is 14.9 Å². The summed E-state index contributed by atoms with van der Waals surface area (Å²) in [6, 6.07) is 0. The first-order valence-corrected chi connectivity index (χ1v) is 5.57. The van der Waals surface area contributed by atoms with Gasteiger partial charge in [0.05, 0.1) is 27.6 Å². The van der Waals surface area contributed by atoms with Gasteiger partial charge in [0, 0.05) is 13.0 Å². The molecule has 0 aromatic carbocycles. The molecule has 0 spiro atoms. The average molecular weight is 251 g/mol. The highest BCUT2D eigenvalue weighted by Crippen LogP contribution is 2.07. The third kappa shape index (κ3) is 9.77. The van der Waals surface area contributed by atoms with Gasteiger partial charge in [-0.05, 0) is 6.42 Å². The summed E-state index contributed by atoms with van der Waals surface area (Å²) in [5.74, 6) is -1.45. The van der Waals surface area contributed by atoms with E-state index in [2.05, 4.69) is 0 Å². The van der Waals surface area contributed by atoms with E-state index in [-0.39, 0.29) is 19.4 Å². The number of quaternary nitrogens is 1. The van der Waals surface area contributed by atoms with Crippen LogP contribution in [0.25, 0.3) is 0 Å². The molecule has 17 heavy (non-hydrogen) atoms. The number of ether oxygens (including phenoxy) is 1. The van der Waals surface area contributed by atoms with Gasteiger partial charge < -0.3 is 19.4 Å². The first-order chi connectivity index (χ1) is 7.74. The fraction of sp³-hybridized carbons (Fsp3) is 0.818. The number of likely N-dealkylation sites (N-methyl/N-ethyl adjacent to an activating group) is 1. The molecule has 0 radical (unpaired) electrons. The van der Waals surface area contributed by atoms with Gasteiger partial charge in [0.2, 0.25) is 0 Å². The molecule has 0 fully saturated rings. The van der Waals surface area contributed by atoms with E-state index in [0.717, 1.165) is 0 Å². The summed E-state index contributed by atoms with van der Waals surface area (Å²) in [5.41, 5.74) is 0. The lowest BCUT2D eigenvalue weighted by atomic mass is 10.2. The maximum absolute atomic E-state index is 11.3. The summed E-state index contributed by atoms with van der Waals surface area (Å²) < 4.78 is 5.61. The van der Waals surface area contributed by atoms with Crippen molar-refractivity contribution in [2.24, 2.45) is 0 Å². The highest BCUT2D eigenvalue weighted by atomic mass is 16.5. The van der Waals surface area contributed by atoms with E-state index < -0.39 is 18.0 Å². The van der Waals surface area contributed by atoms with Crippen LogP contribution in [0.3, 0.4) is 0 Å². The lowest BCUT2D eigenvalue weighted by molar-refractivity contribution is -0.873. The number of carboxylic acids is 1. The predicted octanol–water partition coefficient (Wildman–Crippen LogP) is -0.148. The van der Waals surface area contributed by atoms with Gasteiger partial charge in [0.15, 0.2) is 6.10 Å². The van der Waals surface area contributed by atoms with Crippen LogP contribution in [-0.4, -0.2) is 67.0 Å². The topological polar surface area (TPSA) is 83.8 Å². The molecule has 6 nitrogen and oxygen atoms in total. The SMILES string of the molecule is [13CH3][N+]([13CH3])([13CH3])C[C@@H](CC(=O)O)OC(=O)CCCO. The summed E-state index contributed by atoms with van der Waals surface area (Å²) in [7, 11) is 5.70. The number of esters is 1. The van der Waals surface area contributed by atoms with Gasteiger partial charge in [-0.15, -0.1) is 0 Å². The fourth-order valence-corrected chi connectivity index (χ4v) is 1.42. The van der Waals surface area contributed by atoms with Crippen LogP contribution in [0, 0.1) is 0 Å². The van der Waals surface area contributed by atoms with Crippen molar-refractivity contribution < 1.29 is 29.0 Å². The summed E-state index contributed by atoms with van der Waals surface area (Å²) in [6.45, 7) is 0.366. The van der Waals surface area contributed by atoms with Crippen molar-refractivity contribution in [1.82, 2.24) is 0 Å². The van der Waals surface area contributed by atoms with Crippen molar-refractivity contribution in [2.45, 2.75) is 25.4 Å². The van der Waals surface area contributed by atoms with Gasteiger partial charge in [-0.1, -0.05) is 0 Å². The molecule has 0 saturated carbocycles. The Morgan fingerprint density at radius 1 is 1.29 bits per heavy atom. The van der Waals surface area contributed by atoms with Crippen LogP contribution < -0.4 is 0 Å². The van der Waals surface area contributed by atoms with E-state index in [1.54, 1.807) is 0 Å². The van der Waals surface area contributed by atoms with Gasteiger partial charge in [-0.25, -0.2) is 0 Å². The molecule has 0 bridgehead atoms. The zero-order valence-electron chi connectivity index (χ0n) is 10.7. The number of nitrogens with zero attached hydrogens (tertiary/aromatic N) is 1. The minimum Gasteiger partial charge on any atom is -0.481 e. The van der Waals surface area contributed by atoms with E-state index in [1.165, 1.54) is 0 Å². The molecule has 0 heterocycles. The molecule has 0 aliphatic rings. The minimum atomic E-state index is -0.988. The van der Waals surface area contributed by atoms with Gasteiger partial charge in [0.1, 0.15) is 6.54 Å². The zero-order valence-corrected chi connectivity index (χ0v) is 10.7. The summed E-state index contributed by atoms with van der Waals surface area (Å²) >= 11 is 0. The Hall–Kier alpha value is -1.14. The Morgan fingerprint density at radius 3 is 2.29 bits per heavy atom. The van der Waals surface area contributed by atoms with E-state index >= 15 is 0 Å². The van der Waals surface area contributed by atoms with Crippen LogP contribution in [0.4, 0.5) is 0 Å². The van der Waals surface area contributed by atoms with Crippen LogP contribution in [-0.2, 0) is 14.3 Å². The minimum absolute atomic E-state index is 0.0754. The molecule has 0 aromatic rings. The second-order valence-electron chi connectivity index (χ2n) is 5.01. The van der Waals surface area contributed by atoms with Gasteiger partial charge in [-0.3, -0.25) is 9.59 Å². The average Bonchev–Trinajstić information content (AvgIpc) is 2.10. The zero-order chi connectivity index (χ0) is 13.5. The lowest BCUT2D eigenvalue weighted by Crippen LogP contribution is -2.43. The Kier molecular flexibility index (Phi) is 6.75. The van der Waals surface area contributed by atoms with Crippen LogP contribution in [0.5, 0.6) is 0 Å². The third-order valence-electron chi connectivity index (χ3n) is 1.99. The van der Waals surface area contributed by atoms with Gasteiger partial charge >= 0.3 is 11.9 Å². The molecule has 100 valence electrons. The second kappa shape index (κ2) is 7.24. The molecule has 0 unspecified atom stereocenters. The van der Waals surface area contributed by atoms with E-state index in [1.807, 2.05) is 21.1 Å². The molecule has 2 N–H and O–H groups in total. The predicted molar refractivity (Wildman–Crippen MR) is 61.4 cm³/mol. The number of aliphatic carboxylic acids is 1. The summed E-state index contributed by atoms with van der Waals surface area (Å²) in [6.07, 6.45) is -0.369. The number of hydrogen-bond donors (Lipinski definition) is 2. The molecule has 1 atom stereocenters. The van der Waals surface area contributed by atoms with Gasteiger partial charge in [0.25, 0.3) is 0 Å². The lowest BCUT2D eigenvalue weighted by Gasteiger charge is -2.28. The number of carboxylic acid groups (broad SMARTS) is 1. The molecule has 0 aliphatic carbocycles. The molecule has 6 heteroatoms. The number of carbonyl (C=O) groups excluding carboxylic acids is 1. The van der Waals surface area contributed by atoms with Crippen LogP contribution >= 0.6 is 0 Å². The maximum Gasteiger partial charge on any atom is 0.307 e. The van der Waals surface area contributed by atoms with E-state index in [9.17, 15) is 9.59 Å². The van der Waals surface area contributed by atoms with Crippen LogP contribution in [0.2, 0.25) is 0 Å². The number of aliphatic hydroxyl groups is 1. The first kappa shape index (κ1) is 15.9. The quantitative estimate of drug-likeness (QED) is 0.356. The first-order valence-electron chi connectivity index (χ1n) is 5.57. The molecule has 0 saturated heterocycles. The Balaban J connectivity index is 4.28. The summed E-state index contributed by atoms with van der Waals surface area (Å²) in [4.78, 5) is 22.0. The molecule has 0 aliphatic heterocycles. The van der Waals surface area contributed by atoms with Crippen molar-refractivity contribution in [2.75, 3.05) is 34.3 Å². The highest BCUT2D eigenvalue weighted by molar-refractivity contribution is 5.71. The Morgan fingerprint density at radius 2 is 1.88 bits per heavy atom. The molecule has 0 amide bonds. The van der Waals surface area contributed by atoms with Crippen LogP contribution in [0.15, 0.2) is 0 Å². The normalized spacial score (nSPS) is 13.2. The third-order valence-corrected chi connectivity index (χ3v) is 1.99. The smallest absolute Gasteiger partial charge is 0.307 e. The monoisotopic (exact) mass is 251 g/mol. The van der Waals surface area contributed by atoms with Crippen molar-refractivity contribution in [3.8, 4) is 0 Å². The van der Waals surface area contributed by atoms with Crippen molar-refractivity contribution in [3.05, 3.63) is 0 Å². The second-order valence-corrected chi connectivity index (χ2v) is 5.01. The van der Waals surface area contributed by atoms with Crippen molar-refractivity contribution in [1.29, 1.82) is 0 Å². The molecule has 0 rings (SSSR count). The maximum atomic E-state index is 11.3. The number of hydrogen-bond acceptors (Lipinski definition) is 4. The molecular weight excluding hydrogens is 229 g/mol. The van der Waals surface area contributed by atoms with Crippen LogP contribution in [0.1, 0.15) is 19.3 Å². The van der Waals surface area contributed by atoms with Crippen molar-refractivity contribution >= 4 is 11.9 Å². The van der Waals surface area contributed by atoms with Gasteiger partial charge in [-0.2, -0.15) is 0 Å². The largest absolute Gasteiger partial charge is 0.481 e. The Bertz CT molecular complexity index is 259. The molecule has 0 aromatic heterocycles. The number of rotatable bonds is 8. The number of aliphatic hydroxyl groups excluding tert-OH is 1. The molecular formula is C11H22NO5+. The fourth-order valence-electron chi connectivity index (χ4n) is 1.42. The van der Waals surface area contributed by atoms with E-state index in [0.29, 0.717) is 17.4 Å². The van der Waals surface area contributed by atoms with Crippen molar-refractivity contribution in [3.63, 3.8) is 0 Å². The Labute approximate surface area is 101 Å². The standard InChI is InChI=1S/C11H21NO5/c1-12(2,3)8-9(7-10(14)15)17-11(16)5-4-6-13/h9,13H,4-8H2,1-3H3/p+1/t9-/m1/s1/i1+1,2+1,3+1. The highest BCUT2D eigenvalue weighted by Gasteiger charge is 2.24. The number of carbonyl (C=O) groups is 2. The summed E-state index contributed by atoms with van der Waals surface area (Å²) in [5, 5.41) is 17.3.